The van der Waals surface area contributed by atoms with Crippen molar-refractivity contribution in [3.8, 4) is 0 Å². The summed E-state index contributed by atoms with van der Waals surface area (Å²) in [5.74, 6) is 0.493. The summed E-state index contributed by atoms with van der Waals surface area (Å²) < 4.78 is 5.22. The highest BCUT2D eigenvalue weighted by molar-refractivity contribution is 5.83. The molecule has 128 valence electrons. The fourth-order valence-corrected chi connectivity index (χ4v) is 2.92. The van der Waals surface area contributed by atoms with Gasteiger partial charge in [-0.2, -0.15) is 0 Å². The zero-order valence-electron chi connectivity index (χ0n) is 14.9. The van der Waals surface area contributed by atoms with Gasteiger partial charge < -0.3 is 10.1 Å². The Morgan fingerprint density at radius 1 is 1.30 bits per heavy atom. The van der Waals surface area contributed by atoms with E-state index >= 15 is 0 Å². The number of anilines is 2. The minimum absolute atomic E-state index is 0.297. The van der Waals surface area contributed by atoms with Crippen LogP contribution in [-0.2, 0) is 4.74 Å². The number of amides is 1. The van der Waals surface area contributed by atoms with Gasteiger partial charge in [-0.3, -0.25) is 5.32 Å². The Kier molecular flexibility index (Phi) is 5.17. The van der Waals surface area contributed by atoms with Crippen LogP contribution in [0.15, 0.2) is 18.3 Å². The molecule has 1 aliphatic carbocycles. The molecular formula is C18H29N3O2. The highest BCUT2D eigenvalue weighted by Crippen LogP contribution is 2.37. The van der Waals surface area contributed by atoms with Crippen LogP contribution in [0.4, 0.5) is 16.3 Å². The predicted molar refractivity (Wildman–Crippen MR) is 93.8 cm³/mol. The van der Waals surface area contributed by atoms with E-state index in [9.17, 15) is 4.79 Å². The molecule has 0 aromatic carbocycles. The Morgan fingerprint density at radius 2 is 2.04 bits per heavy atom. The Balaban J connectivity index is 1.93. The first-order valence-corrected chi connectivity index (χ1v) is 8.38. The van der Waals surface area contributed by atoms with Crippen molar-refractivity contribution in [3.63, 3.8) is 0 Å². The number of aromatic nitrogens is 1. The maximum absolute atomic E-state index is 11.7. The predicted octanol–water partition coefficient (Wildman–Crippen LogP) is 4.81. The monoisotopic (exact) mass is 319 g/mol. The molecule has 1 unspecified atom stereocenters. The molecule has 1 aromatic heterocycles. The lowest BCUT2D eigenvalue weighted by atomic mass is 9.73. The Hall–Kier alpha value is -1.78. The number of pyridine rings is 1. The van der Waals surface area contributed by atoms with Crippen molar-refractivity contribution in [2.24, 2.45) is 5.41 Å². The van der Waals surface area contributed by atoms with Gasteiger partial charge in [0.15, 0.2) is 0 Å². The zero-order chi connectivity index (χ0) is 17.1. The lowest BCUT2D eigenvalue weighted by molar-refractivity contribution is 0.0635. The number of nitrogens with one attached hydrogen (secondary N) is 2. The molecule has 1 aromatic rings. The van der Waals surface area contributed by atoms with Crippen molar-refractivity contribution in [3.05, 3.63) is 18.3 Å². The lowest BCUT2D eigenvalue weighted by Gasteiger charge is -2.39. The van der Waals surface area contributed by atoms with Crippen LogP contribution in [0.3, 0.4) is 0 Å². The van der Waals surface area contributed by atoms with E-state index < -0.39 is 11.7 Å². The van der Waals surface area contributed by atoms with Crippen LogP contribution in [0.25, 0.3) is 0 Å². The van der Waals surface area contributed by atoms with Crippen LogP contribution in [0.2, 0.25) is 0 Å². The molecule has 0 saturated heterocycles. The molecule has 2 rings (SSSR count). The molecule has 1 atom stereocenters. The third-order valence-corrected chi connectivity index (χ3v) is 4.24. The summed E-state index contributed by atoms with van der Waals surface area (Å²) in [5, 5.41) is 6.23. The lowest BCUT2D eigenvalue weighted by Crippen LogP contribution is -2.38. The number of nitrogens with zero attached hydrogens (tertiary/aromatic N) is 1. The number of hydrogen-bond acceptors (Lipinski definition) is 4. The molecule has 23 heavy (non-hydrogen) atoms. The minimum Gasteiger partial charge on any atom is -0.444 e. The largest absolute Gasteiger partial charge is 0.444 e. The summed E-state index contributed by atoms with van der Waals surface area (Å²) in [6.45, 7) is 10.1. The van der Waals surface area contributed by atoms with Crippen LogP contribution in [0, 0.1) is 5.41 Å². The second-order valence-corrected chi connectivity index (χ2v) is 7.99. The van der Waals surface area contributed by atoms with Gasteiger partial charge in [0.25, 0.3) is 0 Å². The van der Waals surface area contributed by atoms with Crippen molar-refractivity contribution in [1.29, 1.82) is 0 Å². The first-order chi connectivity index (χ1) is 10.7. The maximum atomic E-state index is 11.7. The fourth-order valence-electron chi connectivity index (χ4n) is 2.92. The molecule has 5 nitrogen and oxygen atoms in total. The van der Waals surface area contributed by atoms with Gasteiger partial charge in [0, 0.05) is 6.04 Å². The molecule has 1 amide bonds. The molecule has 2 N–H and O–H groups in total. The molecule has 1 saturated carbocycles. The van der Waals surface area contributed by atoms with Gasteiger partial charge in [-0.1, -0.05) is 26.7 Å². The summed E-state index contributed by atoms with van der Waals surface area (Å²) in [6.07, 6.45) is 6.28. The highest BCUT2D eigenvalue weighted by atomic mass is 16.6. The molecule has 1 fully saturated rings. The third kappa shape index (κ3) is 5.41. The molecule has 0 radical (unpaired) electrons. The average molecular weight is 319 g/mol. The van der Waals surface area contributed by atoms with Gasteiger partial charge >= 0.3 is 6.09 Å². The van der Waals surface area contributed by atoms with Crippen molar-refractivity contribution in [2.75, 3.05) is 10.6 Å². The van der Waals surface area contributed by atoms with E-state index in [1.807, 2.05) is 26.8 Å². The highest BCUT2D eigenvalue weighted by Gasteiger charge is 2.32. The van der Waals surface area contributed by atoms with Crippen molar-refractivity contribution in [2.45, 2.75) is 71.9 Å². The molecule has 0 aliphatic heterocycles. The van der Waals surface area contributed by atoms with Gasteiger partial charge in [-0.05, 0) is 51.2 Å². The standard InChI is InChI=1S/C18H29N3O2/c1-17(2,3)23-16(22)21-15-10-9-13(12-19-15)20-14-8-6-7-11-18(14,4)5/h9-10,12,14,20H,6-8,11H2,1-5H3,(H,19,21,22). The van der Waals surface area contributed by atoms with Gasteiger partial charge in [0.05, 0.1) is 11.9 Å². The van der Waals surface area contributed by atoms with Crippen LogP contribution in [-0.4, -0.2) is 22.7 Å². The number of carbonyl (C=O) groups is 1. The van der Waals surface area contributed by atoms with E-state index in [2.05, 4.69) is 29.5 Å². The molecule has 0 bridgehead atoms. The molecule has 1 aliphatic rings. The number of hydrogen-bond donors (Lipinski definition) is 2. The van der Waals surface area contributed by atoms with Crippen LogP contribution < -0.4 is 10.6 Å². The Labute approximate surface area is 139 Å². The molecule has 0 spiro atoms. The van der Waals surface area contributed by atoms with Gasteiger partial charge in [-0.25, -0.2) is 9.78 Å². The van der Waals surface area contributed by atoms with E-state index in [1.165, 1.54) is 25.7 Å². The minimum atomic E-state index is -0.516. The van der Waals surface area contributed by atoms with Crippen molar-refractivity contribution in [1.82, 2.24) is 4.98 Å². The smallest absolute Gasteiger partial charge is 0.413 e. The molecular weight excluding hydrogens is 290 g/mol. The second kappa shape index (κ2) is 6.77. The Morgan fingerprint density at radius 3 is 2.61 bits per heavy atom. The quantitative estimate of drug-likeness (QED) is 0.839. The molecule has 1 heterocycles. The first-order valence-electron chi connectivity index (χ1n) is 8.38. The van der Waals surface area contributed by atoms with E-state index in [-0.39, 0.29) is 0 Å². The summed E-state index contributed by atoms with van der Waals surface area (Å²) >= 11 is 0. The SMILES string of the molecule is CC(C)(C)OC(=O)Nc1ccc(NC2CCCCC2(C)C)cn1. The van der Waals surface area contributed by atoms with Crippen molar-refractivity contribution < 1.29 is 9.53 Å². The summed E-state index contributed by atoms with van der Waals surface area (Å²) in [4.78, 5) is 16.0. The van der Waals surface area contributed by atoms with Crippen LogP contribution in [0.1, 0.15) is 60.3 Å². The summed E-state index contributed by atoms with van der Waals surface area (Å²) in [6, 6.07) is 4.20. The number of carbonyl (C=O) groups excluding carboxylic acids is 1. The third-order valence-electron chi connectivity index (χ3n) is 4.24. The topological polar surface area (TPSA) is 63.2 Å². The van der Waals surface area contributed by atoms with E-state index in [0.717, 1.165) is 5.69 Å². The maximum Gasteiger partial charge on any atom is 0.413 e. The van der Waals surface area contributed by atoms with E-state index in [1.54, 1.807) is 12.3 Å². The zero-order valence-corrected chi connectivity index (χ0v) is 14.9. The van der Waals surface area contributed by atoms with Crippen LogP contribution in [0.5, 0.6) is 0 Å². The molecule has 5 heteroatoms. The van der Waals surface area contributed by atoms with E-state index in [4.69, 9.17) is 4.74 Å². The van der Waals surface area contributed by atoms with Gasteiger partial charge in [0.2, 0.25) is 0 Å². The number of rotatable bonds is 3. The van der Waals surface area contributed by atoms with Crippen molar-refractivity contribution >= 4 is 17.6 Å². The number of ether oxygens (including phenoxy) is 1. The van der Waals surface area contributed by atoms with Gasteiger partial charge in [0.1, 0.15) is 11.4 Å². The first kappa shape index (κ1) is 17.6. The summed E-state index contributed by atoms with van der Waals surface area (Å²) in [5.41, 5.74) is 0.767. The van der Waals surface area contributed by atoms with Crippen LogP contribution >= 0.6 is 0 Å². The Bertz CT molecular complexity index is 532. The fraction of sp³-hybridized carbons (Fsp3) is 0.667. The van der Waals surface area contributed by atoms with E-state index in [0.29, 0.717) is 17.3 Å². The average Bonchev–Trinajstić information content (AvgIpc) is 2.41. The normalized spacial score (nSPS) is 20.7. The summed E-state index contributed by atoms with van der Waals surface area (Å²) in [7, 11) is 0. The van der Waals surface area contributed by atoms with Gasteiger partial charge in [-0.15, -0.1) is 0 Å². The second-order valence-electron chi connectivity index (χ2n) is 7.99.